The second-order valence-corrected chi connectivity index (χ2v) is 9.10. The van der Waals surface area contributed by atoms with E-state index in [1.807, 2.05) is 71.6 Å². The molecule has 0 bridgehead atoms. The number of rotatable bonds is 8. The van der Waals surface area contributed by atoms with Crippen molar-refractivity contribution in [1.29, 1.82) is 0 Å². The number of amides is 1. The molecule has 3 aromatic carbocycles. The van der Waals surface area contributed by atoms with Gasteiger partial charge in [-0.1, -0.05) is 89.9 Å². The zero-order valence-electron chi connectivity index (χ0n) is 18.2. The van der Waals surface area contributed by atoms with E-state index in [0.29, 0.717) is 48.0 Å². The second-order valence-electron chi connectivity index (χ2n) is 8.29. The molecule has 1 aliphatic rings. The minimum absolute atomic E-state index is 0.0281. The van der Waals surface area contributed by atoms with E-state index in [9.17, 15) is 9.59 Å². The molecule has 6 heteroatoms. The number of nitrogens with zero attached hydrogens (tertiary/aromatic N) is 1. The van der Waals surface area contributed by atoms with Crippen molar-refractivity contribution < 1.29 is 14.3 Å². The summed E-state index contributed by atoms with van der Waals surface area (Å²) in [6.07, 6.45) is 1.58. The van der Waals surface area contributed by atoms with E-state index in [0.717, 1.165) is 11.1 Å². The summed E-state index contributed by atoms with van der Waals surface area (Å²) in [4.78, 5) is 27.2. The lowest BCUT2D eigenvalue weighted by Gasteiger charge is -2.43. The number of carbonyl (C=O) groups is 2. The molecular weight excluding hydrogens is 457 g/mol. The highest BCUT2D eigenvalue weighted by Crippen LogP contribution is 2.38. The number of hydrogen-bond donors (Lipinski definition) is 0. The summed E-state index contributed by atoms with van der Waals surface area (Å²) in [5.41, 5.74) is 1.84. The average Bonchev–Trinajstić information content (AvgIpc) is 2.84. The van der Waals surface area contributed by atoms with Crippen molar-refractivity contribution in [3.63, 3.8) is 0 Å². The first-order valence-corrected chi connectivity index (χ1v) is 11.7. The summed E-state index contributed by atoms with van der Waals surface area (Å²) in [5, 5.41) is 0.895. The van der Waals surface area contributed by atoms with Crippen molar-refractivity contribution in [2.24, 2.45) is 0 Å². The van der Waals surface area contributed by atoms with Gasteiger partial charge in [-0.15, -0.1) is 0 Å². The number of morpholine rings is 1. The highest BCUT2D eigenvalue weighted by Gasteiger charge is 2.41. The lowest BCUT2D eigenvalue weighted by atomic mass is 9.85. The standard InChI is InChI=1S/C27H25Cl2NO3/c28-23-14-13-22(16-24(23)29)27(15-7-12-25(31)21-10-5-2-6-11-21)19-30(26(32)18-33-27)17-20-8-3-1-4-9-20/h1-6,8-11,13-14,16H,7,12,15,17-19H2. The predicted molar refractivity (Wildman–Crippen MR) is 131 cm³/mol. The first kappa shape index (κ1) is 23.5. The van der Waals surface area contributed by atoms with Crippen molar-refractivity contribution in [1.82, 2.24) is 4.90 Å². The Labute approximate surface area is 204 Å². The van der Waals surface area contributed by atoms with E-state index in [2.05, 4.69) is 0 Å². The number of halogens is 2. The smallest absolute Gasteiger partial charge is 0.249 e. The van der Waals surface area contributed by atoms with Gasteiger partial charge in [-0.2, -0.15) is 0 Å². The van der Waals surface area contributed by atoms with Gasteiger partial charge in [0, 0.05) is 18.5 Å². The van der Waals surface area contributed by atoms with Crippen LogP contribution in [0.2, 0.25) is 10.0 Å². The van der Waals surface area contributed by atoms with E-state index >= 15 is 0 Å². The Morgan fingerprint density at radius 1 is 0.939 bits per heavy atom. The van der Waals surface area contributed by atoms with E-state index in [1.165, 1.54) is 0 Å². The quantitative estimate of drug-likeness (QED) is 0.354. The van der Waals surface area contributed by atoms with Crippen molar-refractivity contribution >= 4 is 34.9 Å². The second kappa shape index (κ2) is 10.5. The largest absolute Gasteiger partial charge is 0.359 e. The molecule has 1 unspecified atom stereocenters. The minimum atomic E-state index is -0.770. The van der Waals surface area contributed by atoms with Crippen LogP contribution < -0.4 is 0 Å². The van der Waals surface area contributed by atoms with Crippen LogP contribution in [0.3, 0.4) is 0 Å². The number of ether oxygens (including phenoxy) is 1. The fraction of sp³-hybridized carbons (Fsp3) is 0.259. The molecule has 0 radical (unpaired) electrons. The number of benzene rings is 3. The van der Waals surface area contributed by atoms with Crippen LogP contribution in [0.25, 0.3) is 0 Å². The van der Waals surface area contributed by atoms with Gasteiger partial charge in [-0.25, -0.2) is 0 Å². The SMILES string of the molecule is O=C(CCCC1(c2ccc(Cl)c(Cl)c2)CN(Cc2ccccc2)C(=O)CO1)c1ccccc1. The molecule has 0 aliphatic carbocycles. The van der Waals surface area contributed by atoms with Crippen molar-refractivity contribution in [3.8, 4) is 0 Å². The number of hydrogen-bond acceptors (Lipinski definition) is 3. The highest BCUT2D eigenvalue weighted by atomic mass is 35.5. The summed E-state index contributed by atoms with van der Waals surface area (Å²) in [5.74, 6) is 0.0304. The number of Topliss-reactive ketones (excluding diaryl/α,β-unsaturated/α-hetero) is 1. The molecule has 1 heterocycles. The van der Waals surface area contributed by atoms with Gasteiger partial charge in [0.1, 0.15) is 12.2 Å². The van der Waals surface area contributed by atoms with E-state index < -0.39 is 5.60 Å². The first-order chi connectivity index (χ1) is 16.0. The molecule has 4 rings (SSSR count). The Hall–Kier alpha value is -2.66. The molecule has 1 saturated heterocycles. The molecule has 1 atom stereocenters. The van der Waals surface area contributed by atoms with Gasteiger partial charge in [-0.05, 0) is 36.1 Å². The Kier molecular flexibility index (Phi) is 7.49. The summed E-state index contributed by atoms with van der Waals surface area (Å²) >= 11 is 12.5. The van der Waals surface area contributed by atoms with Crippen LogP contribution in [0.4, 0.5) is 0 Å². The lowest BCUT2D eigenvalue weighted by Crippen LogP contribution is -2.52. The van der Waals surface area contributed by atoms with Crippen molar-refractivity contribution in [2.75, 3.05) is 13.2 Å². The van der Waals surface area contributed by atoms with Gasteiger partial charge in [0.15, 0.2) is 5.78 Å². The average molecular weight is 482 g/mol. The number of carbonyl (C=O) groups excluding carboxylic acids is 2. The molecule has 0 spiro atoms. The van der Waals surface area contributed by atoms with Gasteiger partial charge in [-0.3, -0.25) is 9.59 Å². The van der Waals surface area contributed by atoms with E-state index in [4.69, 9.17) is 27.9 Å². The van der Waals surface area contributed by atoms with Crippen LogP contribution in [-0.2, 0) is 21.7 Å². The van der Waals surface area contributed by atoms with Crippen LogP contribution in [0, 0.1) is 0 Å². The molecule has 0 aromatic heterocycles. The predicted octanol–water partition coefficient (Wildman–Crippen LogP) is 6.30. The molecule has 0 saturated carbocycles. The fourth-order valence-corrected chi connectivity index (χ4v) is 4.53. The highest BCUT2D eigenvalue weighted by molar-refractivity contribution is 6.42. The third-order valence-corrected chi connectivity index (χ3v) is 6.75. The molecule has 1 fully saturated rings. The Balaban J connectivity index is 1.56. The van der Waals surface area contributed by atoms with Gasteiger partial charge in [0.25, 0.3) is 0 Å². The first-order valence-electron chi connectivity index (χ1n) is 11.0. The van der Waals surface area contributed by atoms with E-state index in [1.54, 1.807) is 12.1 Å². The van der Waals surface area contributed by atoms with Crippen molar-refractivity contribution in [3.05, 3.63) is 106 Å². The summed E-state index contributed by atoms with van der Waals surface area (Å²) in [6.45, 7) is 0.840. The van der Waals surface area contributed by atoms with E-state index in [-0.39, 0.29) is 18.3 Å². The molecule has 170 valence electrons. The van der Waals surface area contributed by atoms with Gasteiger partial charge < -0.3 is 9.64 Å². The van der Waals surface area contributed by atoms with Gasteiger partial charge in [0.05, 0.1) is 16.6 Å². The Morgan fingerprint density at radius 2 is 1.64 bits per heavy atom. The molecule has 4 nitrogen and oxygen atoms in total. The zero-order valence-corrected chi connectivity index (χ0v) is 19.7. The van der Waals surface area contributed by atoms with Crippen LogP contribution in [0.15, 0.2) is 78.9 Å². The monoisotopic (exact) mass is 481 g/mol. The van der Waals surface area contributed by atoms with Gasteiger partial charge >= 0.3 is 0 Å². The summed E-state index contributed by atoms with van der Waals surface area (Å²) < 4.78 is 6.21. The lowest BCUT2D eigenvalue weighted by molar-refractivity contribution is -0.168. The topological polar surface area (TPSA) is 46.6 Å². The maximum atomic E-state index is 12.7. The van der Waals surface area contributed by atoms with Crippen LogP contribution in [0.5, 0.6) is 0 Å². The maximum absolute atomic E-state index is 12.7. The summed E-state index contributed by atoms with van der Waals surface area (Å²) in [6, 6.07) is 24.6. The third kappa shape index (κ3) is 5.64. The zero-order chi connectivity index (χ0) is 23.3. The van der Waals surface area contributed by atoms with Crippen LogP contribution in [0.1, 0.15) is 40.7 Å². The Morgan fingerprint density at radius 3 is 2.33 bits per heavy atom. The normalized spacial score (nSPS) is 18.4. The molecule has 0 N–H and O–H groups in total. The third-order valence-electron chi connectivity index (χ3n) is 6.01. The van der Waals surface area contributed by atoms with Crippen molar-refractivity contribution in [2.45, 2.75) is 31.4 Å². The molecule has 1 amide bonds. The molecule has 3 aromatic rings. The van der Waals surface area contributed by atoms with Gasteiger partial charge in [0.2, 0.25) is 5.91 Å². The molecule has 33 heavy (non-hydrogen) atoms. The summed E-state index contributed by atoms with van der Waals surface area (Å²) in [7, 11) is 0. The maximum Gasteiger partial charge on any atom is 0.249 e. The van der Waals surface area contributed by atoms with Crippen LogP contribution >= 0.6 is 23.2 Å². The molecule has 1 aliphatic heterocycles. The van der Waals surface area contributed by atoms with Crippen LogP contribution in [-0.4, -0.2) is 29.7 Å². The Bertz CT molecular complexity index is 1120. The number of ketones is 1. The minimum Gasteiger partial charge on any atom is -0.359 e. The molecular formula is C27H25Cl2NO3. The fourth-order valence-electron chi connectivity index (χ4n) is 4.23.